The molecule has 118 valence electrons. The van der Waals surface area contributed by atoms with Gasteiger partial charge in [0.05, 0.1) is 5.56 Å². The summed E-state index contributed by atoms with van der Waals surface area (Å²) in [6.45, 7) is 1.08. The molecule has 0 aliphatic carbocycles. The van der Waals surface area contributed by atoms with Gasteiger partial charge in [0.2, 0.25) is 0 Å². The van der Waals surface area contributed by atoms with Gasteiger partial charge < -0.3 is 10.1 Å². The Morgan fingerprint density at radius 1 is 0.957 bits per heavy atom. The monoisotopic (exact) mass is 375 g/mol. The van der Waals surface area contributed by atoms with E-state index in [4.69, 9.17) is 4.74 Å². The number of nitrogens with one attached hydrogen (secondary N) is 1. The summed E-state index contributed by atoms with van der Waals surface area (Å²) in [6.07, 6.45) is 0. The van der Waals surface area contributed by atoms with E-state index in [9.17, 15) is 14.4 Å². The van der Waals surface area contributed by atoms with Crippen LogP contribution in [0, 0.1) is 0 Å². The Hall–Kier alpha value is -2.47. The molecule has 2 rings (SSSR count). The molecule has 0 aliphatic rings. The minimum Gasteiger partial charge on any atom is -0.452 e. The van der Waals surface area contributed by atoms with Crippen LogP contribution < -0.4 is 5.32 Å². The van der Waals surface area contributed by atoms with Gasteiger partial charge in [-0.1, -0.05) is 15.9 Å². The molecule has 0 aromatic heterocycles. The maximum absolute atomic E-state index is 11.8. The average molecular weight is 376 g/mol. The predicted octanol–water partition coefficient (Wildman–Crippen LogP) is 3.45. The number of carbonyl (C=O) groups is 3. The minimum atomic E-state index is -0.570. The van der Waals surface area contributed by atoms with E-state index < -0.39 is 11.9 Å². The number of Topliss-reactive ketones (excluding diaryl/α,β-unsaturated/α-hetero) is 1. The second kappa shape index (κ2) is 7.69. The molecule has 1 N–H and O–H groups in total. The zero-order chi connectivity index (χ0) is 16.8. The molecule has 2 aromatic rings. The van der Waals surface area contributed by atoms with Crippen molar-refractivity contribution >= 4 is 39.3 Å². The van der Waals surface area contributed by atoms with Crippen LogP contribution in [-0.4, -0.2) is 24.3 Å². The first-order valence-electron chi connectivity index (χ1n) is 6.79. The normalized spacial score (nSPS) is 10.0. The summed E-state index contributed by atoms with van der Waals surface area (Å²) in [5, 5.41) is 2.59. The second-order valence-corrected chi connectivity index (χ2v) is 5.68. The molecule has 0 heterocycles. The molecule has 0 saturated heterocycles. The molecule has 23 heavy (non-hydrogen) atoms. The number of esters is 1. The van der Waals surface area contributed by atoms with Gasteiger partial charge in [0.25, 0.3) is 5.91 Å². The van der Waals surface area contributed by atoms with Crippen molar-refractivity contribution in [3.8, 4) is 0 Å². The van der Waals surface area contributed by atoms with Gasteiger partial charge in [-0.2, -0.15) is 0 Å². The molecule has 6 heteroatoms. The van der Waals surface area contributed by atoms with E-state index in [1.54, 1.807) is 48.5 Å². The third-order valence-corrected chi connectivity index (χ3v) is 3.52. The Labute approximate surface area is 141 Å². The SMILES string of the molecule is CC(=O)c1ccc(NC(=O)COC(=O)c2ccc(Br)cc2)cc1. The van der Waals surface area contributed by atoms with Crippen LogP contribution in [0.15, 0.2) is 53.0 Å². The van der Waals surface area contributed by atoms with Crippen LogP contribution in [0.3, 0.4) is 0 Å². The molecule has 2 aromatic carbocycles. The molecule has 0 aliphatic heterocycles. The number of hydrogen-bond donors (Lipinski definition) is 1. The minimum absolute atomic E-state index is 0.0497. The van der Waals surface area contributed by atoms with Crippen molar-refractivity contribution in [2.75, 3.05) is 11.9 Å². The summed E-state index contributed by atoms with van der Waals surface area (Å²) < 4.78 is 5.79. The molecule has 0 unspecified atom stereocenters. The van der Waals surface area contributed by atoms with E-state index in [1.165, 1.54) is 6.92 Å². The van der Waals surface area contributed by atoms with Gasteiger partial charge >= 0.3 is 5.97 Å². The highest BCUT2D eigenvalue weighted by atomic mass is 79.9. The maximum atomic E-state index is 11.8. The number of rotatable bonds is 5. The molecule has 0 radical (unpaired) electrons. The van der Waals surface area contributed by atoms with E-state index in [1.807, 2.05) is 0 Å². The second-order valence-electron chi connectivity index (χ2n) is 4.76. The predicted molar refractivity (Wildman–Crippen MR) is 89.5 cm³/mol. The van der Waals surface area contributed by atoms with Crippen molar-refractivity contribution in [2.45, 2.75) is 6.92 Å². The Bertz CT molecular complexity index is 723. The summed E-state index contributed by atoms with van der Waals surface area (Å²) in [7, 11) is 0. The summed E-state index contributed by atoms with van der Waals surface area (Å²) >= 11 is 3.27. The van der Waals surface area contributed by atoms with Crippen molar-refractivity contribution in [3.05, 3.63) is 64.1 Å². The Balaban J connectivity index is 1.86. The lowest BCUT2D eigenvalue weighted by Crippen LogP contribution is -2.20. The molecule has 0 spiro atoms. The van der Waals surface area contributed by atoms with Crippen LogP contribution in [0.1, 0.15) is 27.6 Å². The van der Waals surface area contributed by atoms with Crippen molar-refractivity contribution < 1.29 is 19.1 Å². The summed E-state index contributed by atoms with van der Waals surface area (Å²) in [6, 6.07) is 13.1. The highest BCUT2D eigenvalue weighted by molar-refractivity contribution is 9.10. The van der Waals surface area contributed by atoms with E-state index in [0.717, 1.165) is 4.47 Å². The first kappa shape index (κ1) is 16.9. The fourth-order valence-electron chi connectivity index (χ4n) is 1.79. The van der Waals surface area contributed by atoms with Crippen molar-refractivity contribution in [1.82, 2.24) is 0 Å². The largest absolute Gasteiger partial charge is 0.452 e. The summed E-state index contributed by atoms with van der Waals surface area (Å²) in [5.74, 6) is -1.07. The molecular formula is C17H14BrNO4. The Kier molecular flexibility index (Phi) is 5.65. The number of benzene rings is 2. The summed E-state index contributed by atoms with van der Waals surface area (Å²) in [4.78, 5) is 34.7. The molecule has 0 atom stereocenters. The average Bonchev–Trinajstić information content (AvgIpc) is 2.54. The first-order valence-corrected chi connectivity index (χ1v) is 7.58. The van der Waals surface area contributed by atoms with Crippen molar-refractivity contribution in [3.63, 3.8) is 0 Å². The number of hydrogen-bond acceptors (Lipinski definition) is 4. The quantitative estimate of drug-likeness (QED) is 0.641. The third-order valence-electron chi connectivity index (χ3n) is 2.99. The Morgan fingerprint density at radius 2 is 1.52 bits per heavy atom. The van der Waals surface area contributed by atoms with Crippen LogP contribution in [0.2, 0.25) is 0 Å². The molecular weight excluding hydrogens is 362 g/mol. The van der Waals surface area contributed by atoms with E-state index >= 15 is 0 Å². The van der Waals surface area contributed by atoms with Gasteiger partial charge in [0, 0.05) is 15.7 Å². The van der Waals surface area contributed by atoms with Crippen LogP contribution in [0.4, 0.5) is 5.69 Å². The topological polar surface area (TPSA) is 72.5 Å². The first-order chi connectivity index (χ1) is 11.0. The highest BCUT2D eigenvalue weighted by Crippen LogP contribution is 2.12. The van der Waals surface area contributed by atoms with Gasteiger partial charge in [-0.25, -0.2) is 4.79 Å². The zero-order valence-corrected chi connectivity index (χ0v) is 13.9. The lowest BCUT2D eigenvalue weighted by molar-refractivity contribution is -0.119. The smallest absolute Gasteiger partial charge is 0.338 e. The van der Waals surface area contributed by atoms with E-state index in [2.05, 4.69) is 21.2 Å². The molecule has 1 amide bonds. The number of carbonyl (C=O) groups excluding carboxylic acids is 3. The van der Waals surface area contributed by atoms with E-state index in [0.29, 0.717) is 16.8 Å². The van der Waals surface area contributed by atoms with Gasteiger partial charge in [-0.05, 0) is 55.5 Å². The molecule has 0 saturated carbocycles. The number of amides is 1. The zero-order valence-electron chi connectivity index (χ0n) is 12.3. The molecule has 0 bridgehead atoms. The van der Waals surface area contributed by atoms with Crippen LogP contribution in [0.5, 0.6) is 0 Å². The number of ketones is 1. The van der Waals surface area contributed by atoms with Crippen LogP contribution in [-0.2, 0) is 9.53 Å². The van der Waals surface area contributed by atoms with Crippen LogP contribution in [0.25, 0.3) is 0 Å². The van der Waals surface area contributed by atoms with Gasteiger partial charge in [0.15, 0.2) is 12.4 Å². The van der Waals surface area contributed by atoms with Gasteiger partial charge in [-0.3, -0.25) is 9.59 Å². The van der Waals surface area contributed by atoms with Gasteiger partial charge in [0.1, 0.15) is 0 Å². The molecule has 5 nitrogen and oxygen atoms in total. The number of halogens is 1. The third kappa shape index (κ3) is 5.03. The lowest BCUT2D eigenvalue weighted by atomic mass is 10.1. The lowest BCUT2D eigenvalue weighted by Gasteiger charge is -2.07. The fourth-order valence-corrected chi connectivity index (χ4v) is 2.05. The summed E-state index contributed by atoms with van der Waals surface area (Å²) in [5.41, 5.74) is 1.45. The number of ether oxygens (including phenoxy) is 1. The highest BCUT2D eigenvalue weighted by Gasteiger charge is 2.10. The number of anilines is 1. The van der Waals surface area contributed by atoms with E-state index in [-0.39, 0.29) is 12.4 Å². The maximum Gasteiger partial charge on any atom is 0.338 e. The molecule has 0 fully saturated rings. The Morgan fingerprint density at radius 3 is 2.09 bits per heavy atom. The van der Waals surface area contributed by atoms with Gasteiger partial charge in [-0.15, -0.1) is 0 Å². The fraction of sp³-hybridized carbons (Fsp3) is 0.118. The standard InChI is InChI=1S/C17H14BrNO4/c1-11(20)12-4-8-15(9-5-12)19-16(21)10-23-17(22)13-2-6-14(18)7-3-13/h2-9H,10H2,1H3,(H,19,21). The van der Waals surface area contributed by atoms with Crippen molar-refractivity contribution in [1.29, 1.82) is 0 Å². The van der Waals surface area contributed by atoms with Crippen LogP contribution >= 0.6 is 15.9 Å². The van der Waals surface area contributed by atoms with Crippen molar-refractivity contribution in [2.24, 2.45) is 0 Å².